The molecule has 3 rings (SSSR count). The van der Waals surface area contributed by atoms with Crippen molar-refractivity contribution < 1.29 is 9.18 Å². The fraction of sp³-hybridized carbons (Fsp3) is 0.381. The van der Waals surface area contributed by atoms with Crippen molar-refractivity contribution in [1.82, 2.24) is 15.1 Å². The molecular weight excluding hydrogens is 329 g/mol. The third kappa shape index (κ3) is 4.48. The molecule has 1 fully saturated rings. The van der Waals surface area contributed by atoms with Crippen LogP contribution in [-0.2, 0) is 0 Å². The summed E-state index contributed by atoms with van der Waals surface area (Å²) >= 11 is 0. The summed E-state index contributed by atoms with van der Waals surface area (Å²) in [6.07, 6.45) is 0. The average Bonchev–Trinajstić information content (AvgIpc) is 2.65. The summed E-state index contributed by atoms with van der Waals surface area (Å²) in [4.78, 5) is 17.3. The maximum absolute atomic E-state index is 13.1. The van der Waals surface area contributed by atoms with E-state index < -0.39 is 0 Å². The first-order chi connectivity index (χ1) is 12.5. The van der Waals surface area contributed by atoms with Gasteiger partial charge in [-0.25, -0.2) is 4.39 Å². The molecule has 0 saturated carbocycles. The van der Waals surface area contributed by atoms with E-state index in [-0.39, 0.29) is 23.8 Å². The van der Waals surface area contributed by atoms with Crippen molar-refractivity contribution in [3.63, 3.8) is 0 Å². The van der Waals surface area contributed by atoms with E-state index in [1.54, 1.807) is 0 Å². The van der Waals surface area contributed by atoms with Crippen molar-refractivity contribution in [2.75, 3.05) is 33.2 Å². The number of halogens is 1. The van der Waals surface area contributed by atoms with Gasteiger partial charge in [0.25, 0.3) is 5.91 Å². The highest BCUT2D eigenvalue weighted by atomic mass is 19.1. The van der Waals surface area contributed by atoms with Crippen LogP contribution in [0.5, 0.6) is 0 Å². The van der Waals surface area contributed by atoms with Gasteiger partial charge in [0.1, 0.15) is 5.82 Å². The van der Waals surface area contributed by atoms with E-state index in [9.17, 15) is 9.18 Å². The molecule has 1 saturated heterocycles. The Labute approximate surface area is 154 Å². The Morgan fingerprint density at radius 1 is 1.00 bits per heavy atom. The molecule has 1 N–H and O–H groups in total. The lowest BCUT2D eigenvalue weighted by Crippen LogP contribution is -2.51. The second-order valence-corrected chi connectivity index (χ2v) is 6.96. The van der Waals surface area contributed by atoms with Gasteiger partial charge in [0, 0.05) is 37.8 Å². The van der Waals surface area contributed by atoms with Crippen LogP contribution in [0.4, 0.5) is 4.39 Å². The minimum atomic E-state index is -0.339. The number of carbonyl (C=O) groups is 1. The van der Waals surface area contributed by atoms with Crippen LogP contribution < -0.4 is 5.32 Å². The first-order valence-corrected chi connectivity index (χ1v) is 9.08. The van der Waals surface area contributed by atoms with E-state index in [4.69, 9.17) is 0 Å². The van der Waals surface area contributed by atoms with Crippen molar-refractivity contribution in [3.05, 3.63) is 71.5 Å². The number of rotatable bonds is 5. The number of hydrogen-bond donors (Lipinski definition) is 1. The highest BCUT2D eigenvalue weighted by molar-refractivity contribution is 5.94. The molecule has 2 aromatic rings. The second kappa shape index (κ2) is 8.43. The topological polar surface area (TPSA) is 35.6 Å². The van der Waals surface area contributed by atoms with Gasteiger partial charge in [0.05, 0.1) is 6.04 Å². The summed E-state index contributed by atoms with van der Waals surface area (Å²) < 4.78 is 13.1. The first kappa shape index (κ1) is 18.5. The zero-order valence-corrected chi connectivity index (χ0v) is 15.4. The largest absolute Gasteiger partial charge is 0.348 e. The summed E-state index contributed by atoms with van der Waals surface area (Å²) in [5.41, 5.74) is 1.67. The Morgan fingerprint density at radius 2 is 1.62 bits per heavy atom. The maximum Gasteiger partial charge on any atom is 0.251 e. The van der Waals surface area contributed by atoms with Gasteiger partial charge in [-0.15, -0.1) is 0 Å². The van der Waals surface area contributed by atoms with Crippen LogP contribution in [0.25, 0.3) is 0 Å². The van der Waals surface area contributed by atoms with Gasteiger partial charge >= 0.3 is 0 Å². The lowest BCUT2D eigenvalue weighted by Gasteiger charge is -2.41. The lowest BCUT2D eigenvalue weighted by atomic mass is 9.97. The van der Waals surface area contributed by atoms with Crippen LogP contribution in [0.2, 0.25) is 0 Å². The zero-order chi connectivity index (χ0) is 18.5. The van der Waals surface area contributed by atoms with Crippen LogP contribution >= 0.6 is 0 Å². The normalized spacial score (nSPS) is 18.3. The molecule has 5 heteroatoms. The highest BCUT2D eigenvalue weighted by Gasteiger charge is 2.29. The van der Waals surface area contributed by atoms with Crippen LogP contribution in [0, 0.1) is 5.82 Å². The van der Waals surface area contributed by atoms with Crippen molar-refractivity contribution in [2.45, 2.75) is 19.0 Å². The Morgan fingerprint density at radius 3 is 2.23 bits per heavy atom. The lowest BCUT2D eigenvalue weighted by molar-refractivity contribution is 0.0791. The van der Waals surface area contributed by atoms with Crippen molar-refractivity contribution in [1.29, 1.82) is 0 Å². The predicted octanol–water partition coefficient (Wildman–Crippen LogP) is 2.93. The predicted molar refractivity (Wildman–Crippen MR) is 102 cm³/mol. The monoisotopic (exact) mass is 355 g/mol. The molecule has 0 radical (unpaired) electrons. The molecule has 1 aliphatic rings. The molecule has 0 aromatic heterocycles. The third-order valence-electron chi connectivity index (χ3n) is 5.01. The molecule has 4 nitrogen and oxygen atoms in total. The smallest absolute Gasteiger partial charge is 0.251 e. The van der Waals surface area contributed by atoms with Crippen LogP contribution in [0.1, 0.15) is 28.9 Å². The number of nitrogens with one attached hydrogen (secondary N) is 1. The third-order valence-corrected chi connectivity index (χ3v) is 5.01. The Bertz CT molecular complexity index is 712. The van der Waals surface area contributed by atoms with Gasteiger partial charge in [0.15, 0.2) is 0 Å². The van der Waals surface area contributed by atoms with Crippen molar-refractivity contribution in [3.8, 4) is 0 Å². The Kier molecular flexibility index (Phi) is 6.01. The Balaban J connectivity index is 1.77. The molecule has 1 aliphatic heterocycles. The van der Waals surface area contributed by atoms with E-state index in [1.807, 2.05) is 25.1 Å². The SMILES string of the molecule is C[C@@H](NC(=O)c1ccc(F)cc1)[C@H](c1ccccc1)N1CCN(C)CC1. The molecule has 1 heterocycles. The number of carbonyl (C=O) groups excluding carboxylic acids is 1. The number of piperazine rings is 1. The van der Waals surface area contributed by atoms with Crippen molar-refractivity contribution >= 4 is 5.91 Å². The molecule has 26 heavy (non-hydrogen) atoms. The summed E-state index contributed by atoms with van der Waals surface area (Å²) in [7, 11) is 2.13. The minimum absolute atomic E-state index is 0.0710. The van der Waals surface area contributed by atoms with Gasteiger partial charge in [-0.1, -0.05) is 30.3 Å². The molecule has 0 spiro atoms. The van der Waals surface area contributed by atoms with Crippen LogP contribution in [0.15, 0.2) is 54.6 Å². The first-order valence-electron chi connectivity index (χ1n) is 9.08. The molecule has 138 valence electrons. The van der Waals surface area contributed by atoms with Gasteiger partial charge in [-0.2, -0.15) is 0 Å². The summed E-state index contributed by atoms with van der Waals surface area (Å²) in [6.45, 7) is 6.00. The number of amides is 1. The standard InChI is InChI=1S/C21H26FN3O/c1-16(23-21(26)18-8-10-19(22)11-9-18)20(17-6-4-3-5-7-17)25-14-12-24(2)13-15-25/h3-11,16,20H,12-15H2,1-2H3,(H,23,26)/t16-,20-/m1/s1. The second-order valence-electron chi connectivity index (χ2n) is 6.96. The van der Waals surface area contributed by atoms with Crippen molar-refractivity contribution in [2.24, 2.45) is 0 Å². The molecule has 2 aromatic carbocycles. The maximum atomic E-state index is 13.1. The van der Waals surface area contributed by atoms with E-state index >= 15 is 0 Å². The molecule has 1 amide bonds. The number of likely N-dealkylation sites (N-methyl/N-ethyl adjacent to an activating group) is 1. The fourth-order valence-corrected chi connectivity index (χ4v) is 3.54. The fourth-order valence-electron chi connectivity index (χ4n) is 3.54. The molecule has 0 bridgehead atoms. The van der Waals surface area contributed by atoms with E-state index in [0.29, 0.717) is 5.56 Å². The summed E-state index contributed by atoms with van der Waals surface area (Å²) in [5.74, 6) is -0.512. The van der Waals surface area contributed by atoms with E-state index in [1.165, 1.54) is 29.8 Å². The quantitative estimate of drug-likeness (QED) is 0.896. The number of benzene rings is 2. The van der Waals surface area contributed by atoms with E-state index in [0.717, 1.165) is 26.2 Å². The highest BCUT2D eigenvalue weighted by Crippen LogP contribution is 2.25. The molecule has 0 aliphatic carbocycles. The Hall–Kier alpha value is -2.24. The summed E-state index contributed by atoms with van der Waals surface area (Å²) in [6, 6.07) is 16.0. The van der Waals surface area contributed by atoms with Gasteiger partial charge in [0.2, 0.25) is 0 Å². The van der Waals surface area contributed by atoms with Crippen LogP contribution in [-0.4, -0.2) is 55.0 Å². The molecular formula is C21H26FN3O. The zero-order valence-electron chi connectivity index (χ0n) is 15.4. The number of hydrogen-bond acceptors (Lipinski definition) is 3. The summed E-state index contributed by atoms with van der Waals surface area (Å²) in [5, 5.41) is 3.11. The van der Waals surface area contributed by atoms with Gasteiger partial charge in [-0.05, 0) is 43.8 Å². The average molecular weight is 355 g/mol. The minimum Gasteiger partial charge on any atom is -0.348 e. The molecule has 0 unspecified atom stereocenters. The van der Waals surface area contributed by atoms with E-state index in [2.05, 4.69) is 34.3 Å². The van der Waals surface area contributed by atoms with Gasteiger partial charge in [-0.3, -0.25) is 9.69 Å². The molecule has 2 atom stereocenters. The van der Waals surface area contributed by atoms with Gasteiger partial charge < -0.3 is 10.2 Å². The van der Waals surface area contributed by atoms with Crippen LogP contribution in [0.3, 0.4) is 0 Å². The number of nitrogens with zero attached hydrogens (tertiary/aromatic N) is 2.